The molecular weight excluding hydrogens is 308 g/mol. The highest BCUT2D eigenvalue weighted by molar-refractivity contribution is 5.90. The number of amides is 2. The van der Waals surface area contributed by atoms with Gasteiger partial charge in [-0.05, 0) is 30.0 Å². The molecule has 0 bridgehead atoms. The topological polar surface area (TPSA) is 75.7 Å². The van der Waals surface area contributed by atoms with Crippen molar-refractivity contribution in [2.45, 2.75) is 32.7 Å². The Morgan fingerprint density at radius 3 is 2.54 bits per heavy atom. The Morgan fingerprint density at radius 2 is 1.96 bits per heavy atom. The highest BCUT2D eigenvalue weighted by atomic mass is 16.5. The van der Waals surface area contributed by atoms with Crippen LogP contribution in [0.5, 0.6) is 0 Å². The number of rotatable bonds is 5. The van der Waals surface area contributed by atoms with Gasteiger partial charge in [0.2, 0.25) is 11.8 Å². The third kappa shape index (κ3) is 4.34. The molecule has 1 aromatic rings. The van der Waals surface area contributed by atoms with E-state index in [1.807, 2.05) is 13.8 Å². The van der Waals surface area contributed by atoms with Crippen LogP contribution in [0.15, 0.2) is 24.3 Å². The van der Waals surface area contributed by atoms with Crippen LogP contribution < -0.4 is 5.32 Å². The molecule has 0 saturated carbocycles. The van der Waals surface area contributed by atoms with E-state index in [1.165, 1.54) is 7.11 Å². The third-order valence-corrected chi connectivity index (χ3v) is 4.08. The van der Waals surface area contributed by atoms with Crippen LogP contribution in [0.2, 0.25) is 0 Å². The van der Waals surface area contributed by atoms with Gasteiger partial charge in [-0.25, -0.2) is 4.79 Å². The van der Waals surface area contributed by atoms with Crippen LogP contribution in [0.4, 0.5) is 0 Å². The summed E-state index contributed by atoms with van der Waals surface area (Å²) in [5.74, 6) is -0.225. The molecule has 1 aliphatic rings. The van der Waals surface area contributed by atoms with E-state index in [1.54, 1.807) is 29.2 Å². The Hall–Kier alpha value is -2.37. The van der Waals surface area contributed by atoms with Crippen LogP contribution in [0.25, 0.3) is 0 Å². The second-order valence-electron chi connectivity index (χ2n) is 6.39. The number of ether oxygens (including phenoxy) is 1. The van der Waals surface area contributed by atoms with Crippen molar-refractivity contribution >= 4 is 17.8 Å². The van der Waals surface area contributed by atoms with Gasteiger partial charge in [-0.15, -0.1) is 0 Å². The molecule has 1 heterocycles. The number of hydrogen-bond acceptors (Lipinski definition) is 4. The normalized spacial score (nSPS) is 17.6. The number of methoxy groups -OCH3 is 1. The molecule has 1 atom stereocenters. The lowest BCUT2D eigenvalue weighted by molar-refractivity contribution is -0.143. The predicted molar refractivity (Wildman–Crippen MR) is 89.5 cm³/mol. The first kappa shape index (κ1) is 18.0. The van der Waals surface area contributed by atoms with Crippen molar-refractivity contribution in [2.75, 3.05) is 20.2 Å². The first-order valence-electron chi connectivity index (χ1n) is 8.16. The number of carbonyl (C=O) groups excluding carboxylic acids is 3. The van der Waals surface area contributed by atoms with Crippen molar-refractivity contribution in [1.29, 1.82) is 0 Å². The number of nitrogens with one attached hydrogen (secondary N) is 1. The fourth-order valence-electron chi connectivity index (χ4n) is 2.85. The number of benzene rings is 1. The Morgan fingerprint density at radius 1 is 1.29 bits per heavy atom. The second kappa shape index (κ2) is 7.95. The summed E-state index contributed by atoms with van der Waals surface area (Å²) in [6.07, 6.45) is 0.863. The van der Waals surface area contributed by atoms with Crippen molar-refractivity contribution in [2.24, 2.45) is 5.92 Å². The zero-order valence-electron chi connectivity index (χ0n) is 14.4. The van der Waals surface area contributed by atoms with Gasteiger partial charge in [0.1, 0.15) is 6.04 Å². The summed E-state index contributed by atoms with van der Waals surface area (Å²) in [4.78, 5) is 37.8. The van der Waals surface area contributed by atoms with Crippen molar-refractivity contribution in [3.63, 3.8) is 0 Å². The van der Waals surface area contributed by atoms with Crippen molar-refractivity contribution in [1.82, 2.24) is 10.2 Å². The number of carbonyl (C=O) groups is 3. The van der Waals surface area contributed by atoms with E-state index in [0.717, 1.165) is 5.56 Å². The largest absolute Gasteiger partial charge is 0.465 e. The van der Waals surface area contributed by atoms with Gasteiger partial charge in [0.25, 0.3) is 0 Å². The lowest BCUT2D eigenvalue weighted by Crippen LogP contribution is -2.57. The van der Waals surface area contributed by atoms with Crippen LogP contribution >= 0.6 is 0 Å². The monoisotopic (exact) mass is 332 g/mol. The predicted octanol–water partition coefficient (Wildman–Crippen LogP) is 1.39. The summed E-state index contributed by atoms with van der Waals surface area (Å²) in [6, 6.07) is 6.36. The molecule has 1 saturated heterocycles. The van der Waals surface area contributed by atoms with Gasteiger partial charge < -0.3 is 15.0 Å². The first-order chi connectivity index (χ1) is 11.4. The molecule has 1 unspecified atom stereocenters. The minimum atomic E-state index is -0.405. The molecule has 1 fully saturated rings. The molecule has 6 heteroatoms. The quantitative estimate of drug-likeness (QED) is 0.827. The number of hydrogen-bond donors (Lipinski definition) is 1. The summed E-state index contributed by atoms with van der Waals surface area (Å²) >= 11 is 0. The summed E-state index contributed by atoms with van der Waals surface area (Å²) in [5.41, 5.74) is 1.26. The van der Waals surface area contributed by atoms with E-state index in [9.17, 15) is 14.4 Å². The lowest BCUT2D eigenvalue weighted by Gasteiger charge is -2.36. The average Bonchev–Trinajstić information content (AvgIpc) is 2.56. The molecule has 0 aliphatic carbocycles. The fraction of sp³-hybridized carbons (Fsp3) is 0.500. The van der Waals surface area contributed by atoms with E-state index in [0.29, 0.717) is 31.0 Å². The van der Waals surface area contributed by atoms with E-state index < -0.39 is 12.0 Å². The highest BCUT2D eigenvalue weighted by Crippen LogP contribution is 2.16. The zero-order valence-corrected chi connectivity index (χ0v) is 14.4. The van der Waals surface area contributed by atoms with Crippen LogP contribution in [0, 0.1) is 5.92 Å². The molecule has 0 radical (unpaired) electrons. The molecule has 24 heavy (non-hydrogen) atoms. The lowest BCUT2D eigenvalue weighted by atomic mass is 9.99. The maximum atomic E-state index is 12.6. The van der Waals surface area contributed by atoms with Crippen molar-refractivity contribution < 1.29 is 19.1 Å². The van der Waals surface area contributed by atoms with Crippen molar-refractivity contribution in [3.8, 4) is 0 Å². The summed E-state index contributed by atoms with van der Waals surface area (Å²) < 4.78 is 4.66. The molecule has 0 spiro atoms. The number of esters is 1. The minimum absolute atomic E-state index is 0.0682. The fourth-order valence-corrected chi connectivity index (χ4v) is 2.85. The smallest absolute Gasteiger partial charge is 0.337 e. The van der Waals surface area contributed by atoms with Gasteiger partial charge in [0.15, 0.2) is 0 Å². The van der Waals surface area contributed by atoms with E-state index in [4.69, 9.17) is 0 Å². The third-order valence-electron chi connectivity index (χ3n) is 4.08. The van der Waals surface area contributed by atoms with Crippen LogP contribution in [-0.4, -0.2) is 48.9 Å². The molecule has 130 valence electrons. The van der Waals surface area contributed by atoms with Gasteiger partial charge in [0, 0.05) is 13.1 Å². The van der Waals surface area contributed by atoms with Gasteiger partial charge in [-0.3, -0.25) is 9.59 Å². The van der Waals surface area contributed by atoms with Crippen molar-refractivity contribution in [3.05, 3.63) is 35.4 Å². The van der Waals surface area contributed by atoms with Gasteiger partial charge in [-0.2, -0.15) is 0 Å². The van der Waals surface area contributed by atoms with Gasteiger partial charge in [0.05, 0.1) is 19.1 Å². The van der Waals surface area contributed by atoms with E-state index >= 15 is 0 Å². The van der Waals surface area contributed by atoms with Crippen LogP contribution in [0.1, 0.15) is 36.2 Å². The molecular formula is C18H24N2O4. The summed E-state index contributed by atoms with van der Waals surface area (Å²) in [6.45, 7) is 5.09. The van der Waals surface area contributed by atoms with Gasteiger partial charge >= 0.3 is 5.97 Å². The second-order valence-corrected chi connectivity index (χ2v) is 6.39. The maximum Gasteiger partial charge on any atom is 0.337 e. The molecule has 1 N–H and O–H groups in total. The standard InChI is InChI=1S/C18H24N2O4/c1-12(2)10-15-17(22)19-8-9-20(15)16(21)11-13-4-6-14(7-5-13)18(23)24-3/h4-7,12,15H,8-11H2,1-3H3,(H,19,22). The Balaban J connectivity index is 2.06. The minimum Gasteiger partial charge on any atom is -0.465 e. The molecule has 1 aliphatic heterocycles. The first-order valence-corrected chi connectivity index (χ1v) is 8.16. The number of piperazine rings is 1. The highest BCUT2D eigenvalue weighted by Gasteiger charge is 2.33. The average molecular weight is 332 g/mol. The summed E-state index contributed by atoms with van der Waals surface area (Å²) in [5, 5.41) is 2.83. The molecule has 0 aromatic heterocycles. The van der Waals surface area contributed by atoms with Crippen LogP contribution in [0.3, 0.4) is 0 Å². The Bertz CT molecular complexity index is 610. The van der Waals surface area contributed by atoms with Gasteiger partial charge in [-0.1, -0.05) is 26.0 Å². The summed E-state index contributed by atoms with van der Waals surface area (Å²) in [7, 11) is 1.33. The molecule has 6 nitrogen and oxygen atoms in total. The Labute approximate surface area is 142 Å². The molecule has 2 rings (SSSR count). The Kier molecular flexibility index (Phi) is 5.95. The van der Waals surface area contributed by atoms with Crippen LogP contribution in [-0.2, 0) is 20.7 Å². The molecule has 1 aromatic carbocycles. The number of nitrogens with zero attached hydrogens (tertiary/aromatic N) is 1. The van der Waals surface area contributed by atoms with E-state index in [2.05, 4.69) is 10.1 Å². The molecule has 2 amide bonds. The maximum absolute atomic E-state index is 12.6. The van der Waals surface area contributed by atoms with E-state index in [-0.39, 0.29) is 18.2 Å². The SMILES string of the molecule is COC(=O)c1ccc(CC(=O)N2CCNC(=O)C2CC(C)C)cc1. The zero-order chi connectivity index (χ0) is 17.7.